The molecule has 0 bridgehead atoms. The Bertz CT molecular complexity index is 293. The lowest BCUT2D eigenvalue weighted by molar-refractivity contribution is -0.125. The molecule has 112 valence electrons. The summed E-state index contributed by atoms with van der Waals surface area (Å²) in [6, 6.07) is 0.903. The molecule has 1 rings (SSSR count). The molecule has 0 aromatic heterocycles. The number of primary amides is 1. The number of carbonyl (C=O) groups excluding carboxylic acids is 1. The third-order valence-corrected chi connectivity index (χ3v) is 4.40. The van der Waals surface area contributed by atoms with E-state index in [-0.39, 0.29) is 5.91 Å². The van der Waals surface area contributed by atoms with Crippen LogP contribution in [-0.4, -0.2) is 35.0 Å². The van der Waals surface area contributed by atoms with E-state index in [4.69, 9.17) is 11.5 Å². The Morgan fingerprint density at radius 1 is 1.42 bits per heavy atom. The molecule has 0 saturated heterocycles. The molecule has 4 nitrogen and oxygen atoms in total. The Hall–Kier alpha value is -0.610. The number of nitrogens with two attached hydrogens (primary N) is 2. The fourth-order valence-corrected chi connectivity index (χ4v) is 3.19. The average molecular weight is 269 g/mol. The highest BCUT2D eigenvalue weighted by molar-refractivity contribution is 5.84. The van der Waals surface area contributed by atoms with E-state index in [1.165, 1.54) is 19.3 Å². The summed E-state index contributed by atoms with van der Waals surface area (Å²) < 4.78 is 0. The number of amides is 1. The Balaban J connectivity index is 2.65. The van der Waals surface area contributed by atoms with Crippen LogP contribution in [0.25, 0.3) is 0 Å². The maximum absolute atomic E-state index is 11.6. The van der Waals surface area contributed by atoms with Gasteiger partial charge >= 0.3 is 0 Å². The number of nitrogens with zero attached hydrogens (tertiary/aromatic N) is 1. The summed E-state index contributed by atoms with van der Waals surface area (Å²) in [6.45, 7) is 7.77. The van der Waals surface area contributed by atoms with Gasteiger partial charge in [0.1, 0.15) is 0 Å². The number of rotatable bonds is 7. The standard InChI is InChI=1S/C15H31N3O/c1-4-5-6-10-18(12(2)3)13-8-7-9-15(17,11-13)14(16)19/h12-13H,4-11,17H2,1-3H3,(H2,16,19). The van der Waals surface area contributed by atoms with Crippen molar-refractivity contribution in [3.63, 3.8) is 0 Å². The Labute approximate surface area is 117 Å². The molecule has 1 aliphatic rings. The first-order valence-electron chi connectivity index (χ1n) is 7.75. The van der Waals surface area contributed by atoms with Crippen molar-refractivity contribution >= 4 is 5.91 Å². The third kappa shape index (κ3) is 4.46. The van der Waals surface area contributed by atoms with Crippen molar-refractivity contribution in [2.75, 3.05) is 6.54 Å². The van der Waals surface area contributed by atoms with Crippen LogP contribution in [0.4, 0.5) is 0 Å². The fraction of sp³-hybridized carbons (Fsp3) is 0.933. The molecule has 0 aliphatic heterocycles. The van der Waals surface area contributed by atoms with Crippen LogP contribution >= 0.6 is 0 Å². The third-order valence-electron chi connectivity index (χ3n) is 4.40. The minimum atomic E-state index is -0.791. The molecule has 1 saturated carbocycles. The summed E-state index contributed by atoms with van der Waals surface area (Å²) in [4.78, 5) is 14.1. The smallest absolute Gasteiger partial charge is 0.237 e. The average Bonchev–Trinajstić information content (AvgIpc) is 2.34. The van der Waals surface area contributed by atoms with E-state index >= 15 is 0 Å². The summed E-state index contributed by atoms with van der Waals surface area (Å²) in [5.74, 6) is -0.338. The van der Waals surface area contributed by atoms with Crippen molar-refractivity contribution in [1.29, 1.82) is 0 Å². The number of carbonyl (C=O) groups is 1. The highest BCUT2D eigenvalue weighted by Gasteiger charge is 2.39. The van der Waals surface area contributed by atoms with E-state index < -0.39 is 5.54 Å². The maximum atomic E-state index is 11.6. The highest BCUT2D eigenvalue weighted by atomic mass is 16.1. The van der Waals surface area contributed by atoms with Gasteiger partial charge in [0.15, 0.2) is 0 Å². The molecule has 0 radical (unpaired) electrons. The molecule has 0 aromatic rings. The molecule has 0 heterocycles. The van der Waals surface area contributed by atoms with Gasteiger partial charge in [-0.1, -0.05) is 19.8 Å². The van der Waals surface area contributed by atoms with E-state index in [1.54, 1.807) is 0 Å². The quantitative estimate of drug-likeness (QED) is 0.694. The van der Waals surface area contributed by atoms with Gasteiger partial charge in [-0.05, 0) is 52.5 Å². The van der Waals surface area contributed by atoms with Crippen LogP contribution < -0.4 is 11.5 Å². The maximum Gasteiger partial charge on any atom is 0.237 e. The van der Waals surface area contributed by atoms with E-state index in [9.17, 15) is 4.79 Å². The first-order chi connectivity index (χ1) is 8.90. The zero-order chi connectivity index (χ0) is 14.5. The number of unbranched alkanes of at least 4 members (excludes halogenated alkanes) is 2. The molecule has 2 unspecified atom stereocenters. The van der Waals surface area contributed by atoms with Crippen molar-refractivity contribution in [1.82, 2.24) is 4.90 Å². The summed E-state index contributed by atoms with van der Waals surface area (Å²) in [7, 11) is 0. The molecular formula is C15H31N3O. The van der Waals surface area contributed by atoms with Gasteiger partial charge in [-0.3, -0.25) is 9.69 Å². The van der Waals surface area contributed by atoms with Crippen LogP contribution in [0.3, 0.4) is 0 Å². The fourth-order valence-electron chi connectivity index (χ4n) is 3.19. The molecule has 0 spiro atoms. The van der Waals surface area contributed by atoms with Crippen LogP contribution in [-0.2, 0) is 4.79 Å². The van der Waals surface area contributed by atoms with Crippen LogP contribution in [0.15, 0.2) is 0 Å². The number of hydrogen-bond acceptors (Lipinski definition) is 3. The van der Waals surface area contributed by atoms with Crippen LogP contribution in [0.1, 0.15) is 65.7 Å². The van der Waals surface area contributed by atoms with Crippen molar-refractivity contribution in [3.8, 4) is 0 Å². The van der Waals surface area contributed by atoms with E-state index in [1.807, 2.05) is 0 Å². The molecule has 1 amide bonds. The molecular weight excluding hydrogens is 238 g/mol. The first-order valence-corrected chi connectivity index (χ1v) is 7.75. The van der Waals surface area contributed by atoms with Crippen molar-refractivity contribution in [3.05, 3.63) is 0 Å². The summed E-state index contributed by atoms with van der Waals surface area (Å²) >= 11 is 0. The zero-order valence-corrected chi connectivity index (χ0v) is 12.8. The second kappa shape index (κ2) is 7.25. The SMILES string of the molecule is CCCCCN(C(C)C)C1CCCC(N)(C(N)=O)C1. The Morgan fingerprint density at radius 3 is 2.63 bits per heavy atom. The molecule has 4 heteroatoms. The van der Waals surface area contributed by atoms with Crippen LogP contribution in [0.5, 0.6) is 0 Å². The minimum absolute atomic E-state index is 0.338. The highest BCUT2D eigenvalue weighted by Crippen LogP contribution is 2.30. The molecule has 1 aliphatic carbocycles. The second-order valence-corrected chi connectivity index (χ2v) is 6.31. The lowest BCUT2D eigenvalue weighted by atomic mass is 9.78. The summed E-state index contributed by atoms with van der Waals surface area (Å²) in [5.41, 5.74) is 10.9. The minimum Gasteiger partial charge on any atom is -0.368 e. The van der Waals surface area contributed by atoms with Gasteiger partial charge < -0.3 is 11.5 Å². The molecule has 2 atom stereocenters. The van der Waals surface area contributed by atoms with E-state index in [0.717, 1.165) is 25.8 Å². The van der Waals surface area contributed by atoms with Gasteiger partial charge in [-0.2, -0.15) is 0 Å². The monoisotopic (exact) mass is 269 g/mol. The topological polar surface area (TPSA) is 72.3 Å². The lowest BCUT2D eigenvalue weighted by Crippen LogP contribution is -2.59. The zero-order valence-electron chi connectivity index (χ0n) is 12.8. The molecule has 19 heavy (non-hydrogen) atoms. The lowest BCUT2D eigenvalue weighted by Gasteiger charge is -2.43. The van der Waals surface area contributed by atoms with Gasteiger partial charge in [-0.15, -0.1) is 0 Å². The predicted octanol–water partition coefficient (Wildman–Crippen LogP) is 2.01. The van der Waals surface area contributed by atoms with Gasteiger partial charge in [0.2, 0.25) is 5.91 Å². The molecule has 1 fully saturated rings. The number of hydrogen-bond donors (Lipinski definition) is 2. The molecule has 4 N–H and O–H groups in total. The van der Waals surface area contributed by atoms with Gasteiger partial charge in [0.05, 0.1) is 5.54 Å². The predicted molar refractivity (Wildman–Crippen MR) is 79.7 cm³/mol. The van der Waals surface area contributed by atoms with Gasteiger partial charge in [0, 0.05) is 12.1 Å². The van der Waals surface area contributed by atoms with Crippen molar-refractivity contribution in [2.45, 2.75) is 83.3 Å². The van der Waals surface area contributed by atoms with E-state index in [0.29, 0.717) is 18.5 Å². The molecule has 0 aromatic carbocycles. The van der Waals surface area contributed by atoms with Crippen LogP contribution in [0, 0.1) is 0 Å². The van der Waals surface area contributed by atoms with E-state index in [2.05, 4.69) is 25.7 Å². The van der Waals surface area contributed by atoms with Gasteiger partial charge in [0.25, 0.3) is 0 Å². The van der Waals surface area contributed by atoms with Gasteiger partial charge in [-0.25, -0.2) is 0 Å². The normalized spacial score (nSPS) is 28.0. The summed E-state index contributed by atoms with van der Waals surface area (Å²) in [6.07, 6.45) is 7.31. The second-order valence-electron chi connectivity index (χ2n) is 6.31. The van der Waals surface area contributed by atoms with Crippen molar-refractivity contribution < 1.29 is 4.79 Å². The Kier molecular flexibility index (Phi) is 6.27. The summed E-state index contributed by atoms with van der Waals surface area (Å²) in [5, 5.41) is 0. The van der Waals surface area contributed by atoms with Crippen LogP contribution in [0.2, 0.25) is 0 Å². The Morgan fingerprint density at radius 2 is 2.11 bits per heavy atom. The largest absolute Gasteiger partial charge is 0.368 e. The first kappa shape index (κ1) is 16.4. The van der Waals surface area contributed by atoms with Crippen molar-refractivity contribution in [2.24, 2.45) is 11.5 Å².